The van der Waals surface area contributed by atoms with Gasteiger partial charge in [0, 0.05) is 19.2 Å². The average Bonchev–Trinajstić information content (AvgIpc) is 2.27. The van der Waals surface area contributed by atoms with Crippen LogP contribution in [0.4, 0.5) is 24.9 Å². The van der Waals surface area contributed by atoms with E-state index in [-0.39, 0.29) is 17.8 Å². The fourth-order valence-corrected chi connectivity index (χ4v) is 1.28. The van der Waals surface area contributed by atoms with Crippen LogP contribution in [-0.2, 0) is 10.9 Å². The van der Waals surface area contributed by atoms with E-state index in [4.69, 9.17) is 10.6 Å². The van der Waals surface area contributed by atoms with Gasteiger partial charge in [0.05, 0.1) is 6.61 Å². The summed E-state index contributed by atoms with van der Waals surface area (Å²) in [7, 11) is 1.49. The molecule has 0 aliphatic heterocycles. The molecule has 1 rings (SSSR count). The van der Waals surface area contributed by atoms with E-state index >= 15 is 0 Å². The highest BCUT2D eigenvalue weighted by Gasteiger charge is 2.33. The average molecular weight is 265 g/mol. The zero-order valence-corrected chi connectivity index (χ0v) is 9.88. The molecule has 1 aromatic rings. The van der Waals surface area contributed by atoms with Gasteiger partial charge in [-0.3, -0.25) is 5.43 Å². The molecule has 0 saturated carbocycles. The molecular formula is C9H14F3N5O. The molecule has 1 heterocycles. The monoisotopic (exact) mass is 265 g/mol. The standard InChI is InChI=1S/C9H14F3N5O/c1-5(4-18-2)14-7-3-6(9(10,11)12)15-8(16-7)17-13/h3,5H,4,13H2,1-2H3,(H2,14,15,16,17). The number of ether oxygens (including phenoxy) is 1. The molecule has 4 N–H and O–H groups in total. The number of methoxy groups -OCH3 is 1. The number of anilines is 2. The Kier molecular flexibility index (Phi) is 4.68. The predicted octanol–water partition coefficient (Wildman–Crippen LogP) is 1.23. The van der Waals surface area contributed by atoms with Crippen LogP contribution in [0.15, 0.2) is 6.07 Å². The van der Waals surface area contributed by atoms with E-state index in [1.54, 1.807) is 6.92 Å². The molecular weight excluding hydrogens is 251 g/mol. The fourth-order valence-electron chi connectivity index (χ4n) is 1.28. The molecule has 0 bridgehead atoms. The Morgan fingerprint density at radius 1 is 1.44 bits per heavy atom. The van der Waals surface area contributed by atoms with Crippen molar-refractivity contribution in [3.8, 4) is 0 Å². The van der Waals surface area contributed by atoms with Crippen molar-refractivity contribution < 1.29 is 17.9 Å². The van der Waals surface area contributed by atoms with Crippen molar-refractivity contribution in [3.63, 3.8) is 0 Å². The number of nitrogens with one attached hydrogen (secondary N) is 2. The molecule has 0 radical (unpaired) electrons. The Labute approximate surface area is 102 Å². The summed E-state index contributed by atoms with van der Waals surface area (Å²) in [6, 6.07) is 0.615. The summed E-state index contributed by atoms with van der Waals surface area (Å²) in [4.78, 5) is 7.01. The number of hydrazine groups is 1. The van der Waals surface area contributed by atoms with Crippen LogP contribution >= 0.6 is 0 Å². The number of rotatable bonds is 5. The van der Waals surface area contributed by atoms with E-state index in [1.807, 2.05) is 5.43 Å². The van der Waals surface area contributed by atoms with Gasteiger partial charge in [-0.25, -0.2) is 10.8 Å². The number of aromatic nitrogens is 2. The van der Waals surface area contributed by atoms with E-state index in [1.165, 1.54) is 7.11 Å². The Balaban J connectivity index is 2.97. The van der Waals surface area contributed by atoms with Crippen LogP contribution in [0.1, 0.15) is 12.6 Å². The Morgan fingerprint density at radius 3 is 2.61 bits per heavy atom. The minimum absolute atomic E-state index is 0.0230. The highest BCUT2D eigenvalue weighted by Crippen LogP contribution is 2.29. The molecule has 0 aliphatic carbocycles. The maximum atomic E-state index is 12.6. The van der Waals surface area contributed by atoms with E-state index in [2.05, 4.69) is 15.3 Å². The largest absolute Gasteiger partial charge is 0.433 e. The Hall–Kier alpha value is -1.61. The van der Waals surface area contributed by atoms with E-state index < -0.39 is 11.9 Å². The van der Waals surface area contributed by atoms with Crippen LogP contribution in [0, 0.1) is 0 Å². The summed E-state index contributed by atoms with van der Waals surface area (Å²) < 4.78 is 42.5. The first-order chi connectivity index (χ1) is 8.36. The quantitative estimate of drug-likeness (QED) is 0.548. The normalized spacial score (nSPS) is 13.2. The van der Waals surface area contributed by atoms with Crippen LogP contribution in [0.3, 0.4) is 0 Å². The SMILES string of the molecule is COCC(C)Nc1cc(C(F)(F)F)nc(NN)n1. The molecule has 0 spiro atoms. The van der Waals surface area contributed by atoms with Gasteiger partial charge in [-0.1, -0.05) is 0 Å². The zero-order chi connectivity index (χ0) is 13.8. The van der Waals surface area contributed by atoms with Gasteiger partial charge in [0.2, 0.25) is 5.95 Å². The molecule has 18 heavy (non-hydrogen) atoms. The smallest absolute Gasteiger partial charge is 0.383 e. The number of hydrogen-bond acceptors (Lipinski definition) is 6. The number of nitrogens with zero attached hydrogens (tertiary/aromatic N) is 2. The van der Waals surface area contributed by atoms with Gasteiger partial charge in [-0.2, -0.15) is 18.2 Å². The summed E-state index contributed by atoms with van der Waals surface area (Å²) in [6.45, 7) is 2.07. The first-order valence-corrected chi connectivity index (χ1v) is 5.05. The van der Waals surface area contributed by atoms with Crippen LogP contribution in [0.25, 0.3) is 0 Å². The third-order valence-corrected chi connectivity index (χ3v) is 1.96. The number of nitrogens with two attached hydrogens (primary N) is 1. The third kappa shape index (κ3) is 4.00. The molecule has 1 atom stereocenters. The van der Waals surface area contributed by atoms with Crippen LogP contribution in [0.5, 0.6) is 0 Å². The molecule has 1 aromatic heterocycles. The number of halogens is 3. The Morgan fingerprint density at radius 2 is 2.11 bits per heavy atom. The summed E-state index contributed by atoms with van der Waals surface area (Å²) in [6.07, 6.45) is -4.56. The summed E-state index contributed by atoms with van der Waals surface area (Å²) in [5.41, 5.74) is 0.920. The molecule has 6 nitrogen and oxygen atoms in total. The van der Waals surface area contributed by atoms with Gasteiger partial charge in [0.15, 0.2) is 5.69 Å². The van der Waals surface area contributed by atoms with E-state index in [0.29, 0.717) is 6.61 Å². The van der Waals surface area contributed by atoms with Crippen molar-refractivity contribution in [1.82, 2.24) is 9.97 Å². The van der Waals surface area contributed by atoms with Gasteiger partial charge in [0.1, 0.15) is 5.82 Å². The topological polar surface area (TPSA) is 85.1 Å². The lowest BCUT2D eigenvalue weighted by Gasteiger charge is -2.15. The molecule has 0 aliphatic rings. The molecule has 0 fully saturated rings. The van der Waals surface area contributed by atoms with Gasteiger partial charge < -0.3 is 10.1 Å². The van der Waals surface area contributed by atoms with Crippen LogP contribution in [-0.4, -0.2) is 29.7 Å². The first-order valence-electron chi connectivity index (χ1n) is 5.05. The lowest BCUT2D eigenvalue weighted by molar-refractivity contribution is -0.141. The number of alkyl halides is 3. The lowest BCUT2D eigenvalue weighted by atomic mass is 10.3. The molecule has 0 saturated heterocycles. The maximum absolute atomic E-state index is 12.6. The van der Waals surface area contributed by atoms with Gasteiger partial charge >= 0.3 is 6.18 Å². The number of nitrogen functional groups attached to an aromatic ring is 1. The highest BCUT2D eigenvalue weighted by molar-refractivity contribution is 5.43. The van der Waals surface area contributed by atoms with Crippen molar-refractivity contribution in [2.45, 2.75) is 19.1 Å². The van der Waals surface area contributed by atoms with Crippen molar-refractivity contribution in [2.24, 2.45) is 5.84 Å². The molecule has 1 unspecified atom stereocenters. The highest BCUT2D eigenvalue weighted by atomic mass is 19.4. The fraction of sp³-hybridized carbons (Fsp3) is 0.556. The van der Waals surface area contributed by atoms with Crippen molar-refractivity contribution in [2.75, 3.05) is 24.5 Å². The van der Waals surface area contributed by atoms with E-state index in [9.17, 15) is 13.2 Å². The molecule has 0 aromatic carbocycles. The van der Waals surface area contributed by atoms with Crippen molar-refractivity contribution >= 4 is 11.8 Å². The van der Waals surface area contributed by atoms with E-state index in [0.717, 1.165) is 6.07 Å². The van der Waals surface area contributed by atoms with Crippen LogP contribution in [0.2, 0.25) is 0 Å². The second kappa shape index (κ2) is 5.83. The van der Waals surface area contributed by atoms with Crippen molar-refractivity contribution in [1.29, 1.82) is 0 Å². The lowest BCUT2D eigenvalue weighted by Crippen LogP contribution is -2.23. The predicted molar refractivity (Wildman–Crippen MR) is 59.8 cm³/mol. The maximum Gasteiger partial charge on any atom is 0.433 e. The van der Waals surface area contributed by atoms with Gasteiger partial charge in [-0.15, -0.1) is 0 Å². The number of hydrogen-bond donors (Lipinski definition) is 3. The first kappa shape index (κ1) is 14.5. The third-order valence-electron chi connectivity index (χ3n) is 1.96. The summed E-state index contributed by atoms with van der Waals surface area (Å²) in [5, 5.41) is 2.76. The molecule has 9 heteroatoms. The summed E-state index contributed by atoms with van der Waals surface area (Å²) in [5.74, 6) is 4.74. The second-order valence-electron chi connectivity index (χ2n) is 3.60. The molecule has 102 valence electrons. The van der Waals surface area contributed by atoms with Crippen molar-refractivity contribution in [3.05, 3.63) is 11.8 Å². The molecule has 0 amide bonds. The van der Waals surface area contributed by atoms with Gasteiger partial charge in [0.25, 0.3) is 0 Å². The minimum atomic E-state index is -4.56. The zero-order valence-electron chi connectivity index (χ0n) is 9.88. The summed E-state index contributed by atoms with van der Waals surface area (Å²) >= 11 is 0. The Bertz CT molecular complexity index is 398. The second-order valence-corrected chi connectivity index (χ2v) is 3.60. The minimum Gasteiger partial charge on any atom is -0.383 e. The van der Waals surface area contributed by atoms with Crippen LogP contribution < -0.4 is 16.6 Å². The van der Waals surface area contributed by atoms with Gasteiger partial charge in [-0.05, 0) is 6.92 Å².